The molecule has 0 bridgehead atoms. The van der Waals surface area contributed by atoms with Crippen molar-refractivity contribution < 1.29 is 9.13 Å². The van der Waals surface area contributed by atoms with E-state index in [9.17, 15) is 9.18 Å². The molecule has 0 aliphatic heterocycles. The Balaban J connectivity index is 1.43. The fourth-order valence-corrected chi connectivity index (χ4v) is 3.12. The van der Waals surface area contributed by atoms with Crippen LogP contribution < -0.4 is 10.4 Å². The van der Waals surface area contributed by atoms with Crippen LogP contribution in [0.4, 0.5) is 4.39 Å². The van der Waals surface area contributed by atoms with Gasteiger partial charge in [-0.2, -0.15) is 9.36 Å². The predicted octanol–water partition coefficient (Wildman–Crippen LogP) is 2.65. The molecule has 2 aromatic carbocycles. The maximum absolute atomic E-state index is 12.9. The fourth-order valence-electron chi connectivity index (χ4n) is 2.42. The summed E-state index contributed by atoms with van der Waals surface area (Å²) in [4.78, 5) is 16.9. The van der Waals surface area contributed by atoms with E-state index >= 15 is 0 Å². The Kier molecular flexibility index (Phi) is 4.75. The number of benzene rings is 2. The smallest absolute Gasteiger partial charge is 0.368 e. The molecule has 0 radical (unpaired) electrons. The van der Waals surface area contributed by atoms with Crippen LogP contribution in [0.2, 0.25) is 0 Å². The minimum absolute atomic E-state index is 0.221. The first-order valence-corrected chi connectivity index (χ1v) is 8.97. The van der Waals surface area contributed by atoms with Gasteiger partial charge in [-0.3, -0.25) is 0 Å². The van der Waals surface area contributed by atoms with Crippen molar-refractivity contribution in [1.82, 2.24) is 24.8 Å². The van der Waals surface area contributed by atoms with Gasteiger partial charge in [-0.1, -0.05) is 18.2 Å². The van der Waals surface area contributed by atoms with Gasteiger partial charge in [0.15, 0.2) is 0 Å². The van der Waals surface area contributed by atoms with Crippen LogP contribution >= 0.6 is 11.3 Å². The van der Waals surface area contributed by atoms with E-state index in [1.54, 1.807) is 24.3 Å². The molecule has 0 unspecified atom stereocenters. The van der Waals surface area contributed by atoms with Gasteiger partial charge in [-0.25, -0.2) is 14.2 Å². The van der Waals surface area contributed by atoms with E-state index in [2.05, 4.69) is 15.4 Å². The lowest BCUT2D eigenvalue weighted by atomic mass is 10.3. The SMILES string of the molecule is O=c1n(Cc2csc(COc3ccc(F)cc3)n2)nnn1-c1ccccc1. The number of ether oxygens (including phenoxy) is 1. The van der Waals surface area contributed by atoms with Crippen LogP contribution in [0.3, 0.4) is 0 Å². The van der Waals surface area contributed by atoms with Crippen LogP contribution in [-0.4, -0.2) is 24.8 Å². The Bertz CT molecular complexity index is 1090. The summed E-state index contributed by atoms with van der Waals surface area (Å²) in [6, 6.07) is 14.9. The van der Waals surface area contributed by atoms with Crippen molar-refractivity contribution in [2.45, 2.75) is 13.2 Å². The molecule has 0 saturated heterocycles. The monoisotopic (exact) mass is 383 g/mol. The van der Waals surface area contributed by atoms with E-state index in [0.29, 0.717) is 17.1 Å². The minimum Gasteiger partial charge on any atom is -0.486 e. The highest BCUT2D eigenvalue weighted by Crippen LogP contribution is 2.16. The van der Waals surface area contributed by atoms with Gasteiger partial charge >= 0.3 is 5.69 Å². The number of hydrogen-bond acceptors (Lipinski definition) is 6. The topological polar surface area (TPSA) is 74.8 Å². The lowest BCUT2D eigenvalue weighted by Gasteiger charge is -2.03. The molecule has 9 heteroatoms. The van der Waals surface area contributed by atoms with Crippen molar-refractivity contribution in [2.24, 2.45) is 0 Å². The Labute approximate surface area is 157 Å². The van der Waals surface area contributed by atoms with Crippen molar-refractivity contribution in [3.8, 4) is 11.4 Å². The zero-order valence-corrected chi connectivity index (χ0v) is 14.8. The van der Waals surface area contributed by atoms with Crippen LogP contribution in [0.1, 0.15) is 10.7 Å². The Morgan fingerprint density at radius 2 is 1.81 bits per heavy atom. The summed E-state index contributed by atoms with van der Waals surface area (Å²) in [6.07, 6.45) is 0. The van der Waals surface area contributed by atoms with Crippen molar-refractivity contribution in [3.05, 3.63) is 87.0 Å². The van der Waals surface area contributed by atoms with Crippen molar-refractivity contribution >= 4 is 11.3 Å². The van der Waals surface area contributed by atoms with E-state index in [1.165, 1.54) is 32.8 Å². The van der Waals surface area contributed by atoms with Gasteiger partial charge < -0.3 is 4.74 Å². The summed E-state index contributed by atoms with van der Waals surface area (Å²) in [5, 5.41) is 10.4. The number of nitrogens with zero attached hydrogens (tertiary/aromatic N) is 5. The number of rotatable bonds is 6. The highest BCUT2D eigenvalue weighted by Gasteiger charge is 2.11. The number of halogens is 1. The molecule has 2 aromatic heterocycles. The van der Waals surface area contributed by atoms with Crippen LogP contribution in [0.25, 0.3) is 5.69 Å². The zero-order chi connectivity index (χ0) is 18.6. The third-order valence-electron chi connectivity index (χ3n) is 3.73. The zero-order valence-electron chi connectivity index (χ0n) is 14.0. The molecule has 7 nitrogen and oxygen atoms in total. The molecule has 4 aromatic rings. The molecule has 136 valence electrons. The molecule has 0 fully saturated rings. The fraction of sp³-hybridized carbons (Fsp3) is 0.111. The largest absolute Gasteiger partial charge is 0.486 e. The average Bonchev–Trinajstić information content (AvgIpc) is 3.29. The number of aromatic nitrogens is 5. The van der Waals surface area contributed by atoms with Gasteiger partial charge in [-0.15, -0.1) is 11.3 Å². The lowest BCUT2D eigenvalue weighted by Crippen LogP contribution is -2.24. The minimum atomic E-state index is -0.335. The second-order valence-corrected chi connectivity index (χ2v) is 6.58. The van der Waals surface area contributed by atoms with E-state index in [-0.39, 0.29) is 24.7 Å². The molecule has 0 saturated carbocycles. The van der Waals surface area contributed by atoms with Gasteiger partial charge in [0.25, 0.3) is 0 Å². The van der Waals surface area contributed by atoms with Crippen LogP contribution in [-0.2, 0) is 13.2 Å². The van der Waals surface area contributed by atoms with E-state index < -0.39 is 0 Å². The molecule has 0 N–H and O–H groups in total. The standard InChI is InChI=1S/C18H14FN5O2S/c19-13-6-8-16(9-7-13)26-11-17-20-14(12-27-17)10-23-18(25)24(22-21-23)15-4-2-1-3-5-15/h1-9,12H,10-11H2. The second-order valence-electron chi connectivity index (χ2n) is 5.64. The molecule has 0 aliphatic carbocycles. The summed E-state index contributed by atoms with van der Waals surface area (Å²) in [5.74, 6) is 0.253. The first-order chi connectivity index (χ1) is 13.2. The van der Waals surface area contributed by atoms with E-state index in [1.807, 2.05) is 23.6 Å². The highest BCUT2D eigenvalue weighted by molar-refractivity contribution is 7.09. The quantitative estimate of drug-likeness (QED) is 0.512. The van der Waals surface area contributed by atoms with Gasteiger partial charge in [-0.05, 0) is 46.8 Å². The van der Waals surface area contributed by atoms with Gasteiger partial charge in [0, 0.05) is 5.38 Å². The molecule has 27 heavy (non-hydrogen) atoms. The van der Waals surface area contributed by atoms with Gasteiger partial charge in [0.1, 0.15) is 23.2 Å². The van der Waals surface area contributed by atoms with Crippen LogP contribution in [0.15, 0.2) is 64.8 Å². The van der Waals surface area contributed by atoms with Crippen molar-refractivity contribution in [1.29, 1.82) is 0 Å². The number of tetrazole rings is 1. The molecular formula is C18H14FN5O2S. The summed E-state index contributed by atoms with van der Waals surface area (Å²) < 4.78 is 21.0. The second kappa shape index (κ2) is 7.50. The molecule has 2 heterocycles. The molecule has 0 atom stereocenters. The Morgan fingerprint density at radius 3 is 2.59 bits per heavy atom. The van der Waals surface area contributed by atoms with Gasteiger partial charge in [0.2, 0.25) is 0 Å². The summed E-state index contributed by atoms with van der Waals surface area (Å²) in [6.45, 7) is 0.487. The third kappa shape index (κ3) is 3.93. The highest BCUT2D eigenvalue weighted by atomic mass is 32.1. The maximum atomic E-state index is 12.9. The third-order valence-corrected chi connectivity index (χ3v) is 4.60. The predicted molar refractivity (Wildman–Crippen MR) is 97.6 cm³/mol. The molecule has 0 aliphatic rings. The first-order valence-electron chi connectivity index (χ1n) is 8.09. The van der Waals surface area contributed by atoms with Crippen LogP contribution in [0.5, 0.6) is 5.75 Å². The van der Waals surface area contributed by atoms with E-state index in [4.69, 9.17) is 4.74 Å². The summed E-state index contributed by atoms with van der Waals surface area (Å²) >= 11 is 1.42. The average molecular weight is 383 g/mol. The first kappa shape index (κ1) is 17.1. The van der Waals surface area contributed by atoms with E-state index in [0.717, 1.165) is 5.01 Å². The Hall–Kier alpha value is -3.33. The van der Waals surface area contributed by atoms with Gasteiger partial charge in [0.05, 0.1) is 17.9 Å². The molecular weight excluding hydrogens is 369 g/mol. The molecule has 0 amide bonds. The number of hydrogen-bond donors (Lipinski definition) is 0. The van der Waals surface area contributed by atoms with Crippen LogP contribution in [0, 0.1) is 5.82 Å². The summed E-state index contributed by atoms with van der Waals surface area (Å²) in [5.41, 5.74) is 1.01. The van der Waals surface area contributed by atoms with Crippen molar-refractivity contribution in [3.63, 3.8) is 0 Å². The molecule has 4 rings (SSSR count). The lowest BCUT2D eigenvalue weighted by molar-refractivity contribution is 0.304. The Morgan fingerprint density at radius 1 is 1.04 bits per heavy atom. The number of thiazole rings is 1. The summed E-state index contributed by atoms with van der Waals surface area (Å²) in [7, 11) is 0. The van der Waals surface area contributed by atoms with Crippen molar-refractivity contribution in [2.75, 3.05) is 0 Å². The number of para-hydroxylation sites is 1. The maximum Gasteiger partial charge on any atom is 0.368 e. The molecule has 0 spiro atoms. The normalized spacial score (nSPS) is 10.9.